The van der Waals surface area contributed by atoms with Crippen LogP contribution in [-0.2, 0) is 14.3 Å². The Labute approximate surface area is 170 Å². The van der Waals surface area contributed by atoms with Crippen LogP contribution in [0.4, 0.5) is 0 Å². The van der Waals surface area contributed by atoms with E-state index in [0.29, 0.717) is 19.4 Å². The Morgan fingerprint density at radius 3 is 1.93 bits per heavy atom. The van der Waals surface area contributed by atoms with Crippen molar-refractivity contribution in [1.82, 2.24) is 0 Å². The van der Waals surface area contributed by atoms with Gasteiger partial charge in [-0.25, -0.2) is 4.79 Å². The first-order valence-electron chi connectivity index (χ1n) is 9.84. The fourth-order valence-electron chi connectivity index (χ4n) is 2.92. The van der Waals surface area contributed by atoms with Crippen molar-refractivity contribution in [2.24, 2.45) is 22.2 Å². The number of hydrogen-bond donors (Lipinski definition) is 3. The van der Waals surface area contributed by atoms with Gasteiger partial charge in [0.05, 0.1) is 7.11 Å². The van der Waals surface area contributed by atoms with E-state index < -0.39 is 11.5 Å². The number of nitrogens with two attached hydrogens (primary N) is 3. The van der Waals surface area contributed by atoms with Gasteiger partial charge in [0.25, 0.3) is 0 Å². The van der Waals surface area contributed by atoms with Gasteiger partial charge in [-0.1, -0.05) is 58.3 Å². The van der Waals surface area contributed by atoms with Crippen molar-refractivity contribution in [1.29, 1.82) is 0 Å². The van der Waals surface area contributed by atoms with Gasteiger partial charge in [0.1, 0.15) is 0 Å². The summed E-state index contributed by atoms with van der Waals surface area (Å²) in [5, 5.41) is 0. The fraction of sp³-hybridized carbons (Fsp3) is 0.842. The lowest BCUT2D eigenvalue weighted by Gasteiger charge is -2.24. The van der Waals surface area contributed by atoms with Crippen LogP contribution in [0.15, 0.2) is 4.99 Å². The first-order chi connectivity index (χ1) is 12.4. The molecular weight excluding hydrogens is 368 g/mol. The molecular formula is C19H39ClN4O3. The molecule has 160 valence electrons. The fourth-order valence-corrected chi connectivity index (χ4v) is 2.92. The van der Waals surface area contributed by atoms with E-state index >= 15 is 0 Å². The monoisotopic (exact) mass is 406 g/mol. The van der Waals surface area contributed by atoms with E-state index in [-0.39, 0.29) is 30.6 Å². The molecule has 7 nitrogen and oxygen atoms in total. The molecule has 0 fully saturated rings. The van der Waals surface area contributed by atoms with E-state index in [1.54, 1.807) is 0 Å². The van der Waals surface area contributed by atoms with E-state index in [0.717, 1.165) is 19.3 Å². The molecule has 0 amide bonds. The second kappa shape index (κ2) is 16.8. The molecule has 8 heteroatoms. The third-order valence-corrected chi connectivity index (χ3v) is 4.58. The van der Waals surface area contributed by atoms with Gasteiger partial charge in [0.2, 0.25) is 0 Å². The third kappa shape index (κ3) is 12.6. The zero-order chi connectivity index (χ0) is 19.8. The summed E-state index contributed by atoms with van der Waals surface area (Å²) in [5.41, 5.74) is 15.0. The Bertz CT molecular complexity index is 443. The van der Waals surface area contributed by atoms with E-state index in [2.05, 4.69) is 11.9 Å². The number of Topliss-reactive ketones (excluding diaryl/α,β-unsaturated/α-hetero) is 1. The van der Waals surface area contributed by atoms with Gasteiger partial charge in [-0.05, 0) is 19.3 Å². The summed E-state index contributed by atoms with van der Waals surface area (Å²) in [6.45, 7) is 2.54. The second-order valence-electron chi connectivity index (χ2n) is 6.87. The number of methoxy groups -OCH3 is 1. The molecule has 0 saturated carbocycles. The maximum Gasteiger partial charge on any atom is 0.333 e. The minimum absolute atomic E-state index is 0. The molecule has 0 aliphatic heterocycles. The zero-order valence-corrected chi connectivity index (χ0v) is 17.8. The van der Waals surface area contributed by atoms with Crippen molar-refractivity contribution in [3.63, 3.8) is 0 Å². The minimum atomic E-state index is -1.60. The molecule has 0 aliphatic carbocycles. The number of unbranched alkanes of at least 4 members (excludes halogenated alkanes) is 8. The number of carbonyl (C=O) groups excluding carboxylic acids is 2. The number of esters is 1. The smallest absolute Gasteiger partial charge is 0.333 e. The summed E-state index contributed by atoms with van der Waals surface area (Å²) in [6.07, 6.45) is 11.4. The van der Waals surface area contributed by atoms with Gasteiger partial charge in [0, 0.05) is 13.0 Å². The third-order valence-electron chi connectivity index (χ3n) is 4.58. The van der Waals surface area contributed by atoms with Crippen LogP contribution < -0.4 is 17.2 Å². The first-order valence-corrected chi connectivity index (χ1v) is 9.84. The average molecular weight is 407 g/mol. The molecule has 0 aliphatic rings. The lowest BCUT2D eigenvalue weighted by atomic mass is 9.86. The highest BCUT2D eigenvalue weighted by atomic mass is 35.5. The minimum Gasteiger partial charge on any atom is -0.467 e. The first kappa shape index (κ1) is 27.9. The molecule has 0 saturated heterocycles. The quantitative estimate of drug-likeness (QED) is 0.119. The summed E-state index contributed by atoms with van der Waals surface area (Å²) >= 11 is 0. The number of halogens is 1. The van der Waals surface area contributed by atoms with Crippen molar-refractivity contribution >= 4 is 30.1 Å². The molecule has 6 N–H and O–H groups in total. The van der Waals surface area contributed by atoms with Gasteiger partial charge in [-0.2, -0.15) is 0 Å². The van der Waals surface area contributed by atoms with Crippen molar-refractivity contribution in [3.8, 4) is 0 Å². The predicted molar refractivity (Wildman–Crippen MR) is 113 cm³/mol. The number of rotatable bonds is 16. The number of aliphatic imine (C=N–C) groups is 1. The van der Waals surface area contributed by atoms with Crippen molar-refractivity contribution in [2.45, 2.75) is 89.5 Å². The summed E-state index contributed by atoms with van der Waals surface area (Å²) < 4.78 is 4.74. The molecule has 27 heavy (non-hydrogen) atoms. The van der Waals surface area contributed by atoms with Gasteiger partial charge in [0.15, 0.2) is 17.3 Å². The van der Waals surface area contributed by atoms with E-state index in [1.165, 1.54) is 45.6 Å². The van der Waals surface area contributed by atoms with Gasteiger partial charge >= 0.3 is 5.97 Å². The lowest BCUT2D eigenvalue weighted by molar-refractivity contribution is -0.151. The Morgan fingerprint density at radius 1 is 0.926 bits per heavy atom. The molecule has 0 spiro atoms. The van der Waals surface area contributed by atoms with E-state index in [9.17, 15) is 9.59 Å². The molecule has 0 heterocycles. The Balaban J connectivity index is 0. The number of carbonyl (C=O) groups is 2. The maximum absolute atomic E-state index is 12.5. The highest BCUT2D eigenvalue weighted by Crippen LogP contribution is 2.18. The van der Waals surface area contributed by atoms with Gasteiger partial charge < -0.3 is 21.9 Å². The van der Waals surface area contributed by atoms with Crippen molar-refractivity contribution in [3.05, 3.63) is 0 Å². The van der Waals surface area contributed by atoms with E-state index in [4.69, 9.17) is 21.9 Å². The highest BCUT2D eigenvalue weighted by molar-refractivity contribution is 6.08. The number of ether oxygens (including phenoxy) is 1. The van der Waals surface area contributed by atoms with Crippen LogP contribution in [0.5, 0.6) is 0 Å². The Kier molecular flexibility index (Phi) is 17.4. The molecule has 0 unspecified atom stereocenters. The van der Waals surface area contributed by atoms with Crippen molar-refractivity contribution < 1.29 is 14.3 Å². The molecule has 0 aromatic rings. The summed E-state index contributed by atoms with van der Waals surface area (Å²) in [6, 6.07) is 0. The molecule has 0 aromatic heterocycles. The predicted octanol–water partition coefficient (Wildman–Crippen LogP) is 2.82. The summed E-state index contributed by atoms with van der Waals surface area (Å²) in [5.74, 6) is -0.980. The molecule has 0 aromatic carbocycles. The summed E-state index contributed by atoms with van der Waals surface area (Å²) in [7, 11) is 1.24. The standard InChI is InChI=1S/C19H38N4O3.ClH/c1-3-4-5-6-7-8-9-10-11-13-16(24)19(22,17(25)26-2)14-12-15-23-18(20)21;/h3-15,22H2,1-2H3,(H4,20,21,23);1H/t19-;/m1./s1. The number of hydrogen-bond acceptors (Lipinski definition) is 5. The van der Waals surface area contributed by atoms with Crippen LogP contribution in [-0.4, -0.2) is 36.9 Å². The lowest BCUT2D eigenvalue weighted by Crippen LogP contribution is -2.55. The Hall–Kier alpha value is -1.34. The van der Waals surface area contributed by atoms with Gasteiger partial charge in [-0.15, -0.1) is 12.4 Å². The number of guanidine groups is 1. The molecule has 0 bridgehead atoms. The van der Waals surface area contributed by atoms with Gasteiger partial charge in [-0.3, -0.25) is 9.79 Å². The topological polar surface area (TPSA) is 134 Å². The largest absolute Gasteiger partial charge is 0.467 e. The van der Waals surface area contributed by atoms with Crippen LogP contribution in [0, 0.1) is 0 Å². The molecule has 0 radical (unpaired) electrons. The SMILES string of the molecule is CCCCCCCCCCCC(=O)[C@](N)(CCCN=C(N)N)C(=O)OC.Cl. The number of ketones is 1. The summed E-state index contributed by atoms with van der Waals surface area (Å²) in [4.78, 5) is 28.3. The van der Waals surface area contributed by atoms with Crippen LogP contribution in [0.1, 0.15) is 84.0 Å². The maximum atomic E-state index is 12.5. The molecule has 0 rings (SSSR count). The van der Waals surface area contributed by atoms with Crippen LogP contribution in [0.3, 0.4) is 0 Å². The van der Waals surface area contributed by atoms with Crippen LogP contribution >= 0.6 is 12.4 Å². The van der Waals surface area contributed by atoms with Crippen molar-refractivity contribution in [2.75, 3.05) is 13.7 Å². The highest BCUT2D eigenvalue weighted by Gasteiger charge is 2.41. The van der Waals surface area contributed by atoms with Crippen LogP contribution in [0.2, 0.25) is 0 Å². The van der Waals surface area contributed by atoms with Crippen LogP contribution in [0.25, 0.3) is 0 Å². The van der Waals surface area contributed by atoms with E-state index in [1.807, 2.05) is 0 Å². The number of nitrogens with zero attached hydrogens (tertiary/aromatic N) is 1. The normalized spacial score (nSPS) is 12.6. The molecule has 1 atom stereocenters. The average Bonchev–Trinajstić information content (AvgIpc) is 2.62. The Morgan fingerprint density at radius 2 is 1.44 bits per heavy atom. The second-order valence-corrected chi connectivity index (χ2v) is 6.87. The zero-order valence-electron chi connectivity index (χ0n) is 17.0.